The second kappa shape index (κ2) is 3.81. The molecule has 0 radical (unpaired) electrons. The molecule has 4 N–H and O–H groups in total. The van der Waals surface area contributed by atoms with Crippen LogP contribution in [0.3, 0.4) is 0 Å². The van der Waals surface area contributed by atoms with Crippen LogP contribution in [-0.4, -0.2) is 11.2 Å². The Morgan fingerprint density at radius 1 is 1.53 bits per heavy atom. The number of carboxylic acid groups (broad SMARTS) is 1. The van der Waals surface area contributed by atoms with Gasteiger partial charge in [0.15, 0.2) is 0 Å². The topological polar surface area (TPSA) is 75.3 Å². The van der Waals surface area contributed by atoms with E-state index in [1.807, 2.05) is 18.2 Å². The zero-order valence-corrected chi connectivity index (χ0v) is 8.36. The van der Waals surface area contributed by atoms with Crippen LogP contribution in [0.15, 0.2) is 18.2 Å². The number of nitrogens with one attached hydrogen (secondary N) is 1. The van der Waals surface area contributed by atoms with Gasteiger partial charge in [-0.15, -0.1) is 0 Å². The first-order chi connectivity index (χ1) is 7.16. The van der Waals surface area contributed by atoms with E-state index in [1.54, 1.807) is 0 Å². The van der Waals surface area contributed by atoms with Crippen LogP contribution in [0.2, 0.25) is 0 Å². The molecule has 1 atom stereocenters. The highest BCUT2D eigenvalue weighted by molar-refractivity contribution is 5.65. The average molecular weight is 206 g/mol. The predicted octanol–water partition coefficient (Wildman–Crippen LogP) is 1.91. The number of hydrogen-bond donors (Lipinski definition) is 3. The highest BCUT2D eigenvalue weighted by Gasteiger charge is 2.21. The number of rotatable bonds is 1. The van der Waals surface area contributed by atoms with E-state index in [4.69, 9.17) is 10.8 Å². The van der Waals surface area contributed by atoms with Gasteiger partial charge in [-0.1, -0.05) is 6.07 Å². The Morgan fingerprint density at radius 2 is 2.33 bits per heavy atom. The summed E-state index contributed by atoms with van der Waals surface area (Å²) in [5.74, 6) is 0. The largest absolute Gasteiger partial charge is 0.465 e. The summed E-state index contributed by atoms with van der Waals surface area (Å²) in [7, 11) is 0. The molecular weight excluding hydrogens is 192 g/mol. The molecule has 4 nitrogen and oxygen atoms in total. The van der Waals surface area contributed by atoms with Gasteiger partial charge in [-0.2, -0.15) is 0 Å². The Morgan fingerprint density at radius 3 is 3.07 bits per heavy atom. The Bertz CT molecular complexity index is 390. The van der Waals surface area contributed by atoms with Crippen molar-refractivity contribution in [1.29, 1.82) is 0 Å². The van der Waals surface area contributed by atoms with Crippen molar-refractivity contribution in [2.45, 2.75) is 25.3 Å². The van der Waals surface area contributed by atoms with Gasteiger partial charge in [-0.05, 0) is 42.5 Å². The summed E-state index contributed by atoms with van der Waals surface area (Å²) in [4.78, 5) is 10.6. The van der Waals surface area contributed by atoms with E-state index in [-0.39, 0.29) is 6.04 Å². The van der Waals surface area contributed by atoms with Crippen LogP contribution in [-0.2, 0) is 6.42 Å². The summed E-state index contributed by atoms with van der Waals surface area (Å²) in [5, 5.41) is 11.2. The summed E-state index contributed by atoms with van der Waals surface area (Å²) in [5.41, 5.74) is 8.62. The summed E-state index contributed by atoms with van der Waals surface area (Å²) in [6.07, 6.45) is 1.90. The van der Waals surface area contributed by atoms with Crippen molar-refractivity contribution in [3.63, 3.8) is 0 Å². The summed E-state index contributed by atoms with van der Waals surface area (Å²) >= 11 is 0. The molecule has 2 rings (SSSR count). The number of carbonyl (C=O) groups is 1. The highest BCUT2D eigenvalue weighted by atomic mass is 16.4. The van der Waals surface area contributed by atoms with Crippen molar-refractivity contribution < 1.29 is 9.90 Å². The third kappa shape index (κ3) is 2.03. The van der Waals surface area contributed by atoms with Crippen molar-refractivity contribution in [1.82, 2.24) is 5.32 Å². The molecule has 15 heavy (non-hydrogen) atoms. The summed E-state index contributed by atoms with van der Waals surface area (Å²) in [6, 6.07) is 5.62. The minimum Gasteiger partial charge on any atom is -0.465 e. The quantitative estimate of drug-likeness (QED) is 0.614. The van der Waals surface area contributed by atoms with E-state index in [0.717, 1.165) is 24.8 Å². The Kier molecular flexibility index (Phi) is 2.49. The molecule has 1 aliphatic rings. The maximum absolute atomic E-state index is 10.6. The molecular formula is C11H14N2O2. The zero-order chi connectivity index (χ0) is 10.8. The number of fused-ring (bicyclic) bond motifs is 1. The van der Waals surface area contributed by atoms with Crippen LogP contribution in [0.5, 0.6) is 0 Å². The first-order valence-electron chi connectivity index (χ1n) is 5.04. The molecule has 0 bridgehead atoms. The molecule has 80 valence electrons. The van der Waals surface area contributed by atoms with Gasteiger partial charge in [0.05, 0.1) is 6.04 Å². The van der Waals surface area contributed by atoms with Crippen LogP contribution < -0.4 is 11.1 Å². The maximum atomic E-state index is 10.6. The lowest BCUT2D eigenvalue weighted by Crippen LogP contribution is -2.29. The second-order valence-electron chi connectivity index (χ2n) is 3.85. The molecule has 0 heterocycles. The number of nitrogens with two attached hydrogens (primary N) is 1. The van der Waals surface area contributed by atoms with Gasteiger partial charge in [0.2, 0.25) is 0 Å². The molecule has 0 fully saturated rings. The lowest BCUT2D eigenvalue weighted by molar-refractivity contribution is 0.188. The Balaban J connectivity index is 2.32. The molecule has 0 spiro atoms. The number of hydrogen-bond acceptors (Lipinski definition) is 2. The minimum atomic E-state index is -0.977. The van der Waals surface area contributed by atoms with Crippen LogP contribution in [0.1, 0.15) is 30.0 Å². The Labute approximate surface area is 88.1 Å². The van der Waals surface area contributed by atoms with Crippen molar-refractivity contribution in [3.05, 3.63) is 29.3 Å². The van der Waals surface area contributed by atoms with Crippen molar-refractivity contribution in [2.24, 2.45) is 0 Å². The van der Waals surface area contributed by atoms with Gasteiger partial charge in [0, 0.05) is 5.69 Å². The fourth-order valence-electron chi connectivity index (χ4n) is 2.12. The molecule has 1 amide bonds. The van der Waals surface area contributed by atoms with Crippen LogP contribution in [0.4, 0.5) is 10.5 Å². The maximum Gasteiger partial charge on any atom is 0.405 e. The number of anilines is 1. The molecule has 1 unspecified atom stereocenters. The van der Waals surface area contributed by atoms with Crippen LogP contribution >= 0.6 is 0 Å². The molecule has 0 aliphatic heterocycles. The van der Waals surface area contributed by atoms with Gasteiger partial charge in [-0.25, -0.2) is 4.79 Å². The van der Waals surface area contributed by atoms with Gasteiger partial charge < -0.3 is 16.2 Å². The number of nitrogen functional groups attached to an aromatic ring is 1. The van der Waals surface area contributed by atoms with Crippen LogP contribution in [0.25, 0.3) is 0 Å². The van der Waals surface area contributed by atoms with Crippen molar-refractivity contribution in [2.75, 3.05) is 5.73 Å². The van der Waals surface area contributed by atoms with E-state index < -0.39 is 6.09 Å². The lowest BCUT2D eigenvalue weighted by Gasteiger charge is -2.25. The van der Waals surface area contributed by atoms with Crippen LogP contribution in [0, 0.1) is 0 Å². The number of amides is 1. The number of benzene rings is 1. The van der Waals surface area contributed by atoms with Gasteiger partial charge in [-0.3, -0.25) is 0 Å². The normalized spacial score (nSPS) is 19.3. The SMILES string of the molecule is Nc1ccc2c(c1)C(NC(=O)O)CCC2. The van der Waals surface area contributed by atoms with Gasteiger partial charge >= 0.3 is 6.09 Å². The zero-order valence-electron chi connectivity index (χ0n) is 8.36. The third-order valence-electron chi connectivity index (χ3n) is 2.78. The summed E-state index contributed by atoms with van der Waals surface area (Å²) in [6.45, 7) is 0. The van der Waals surface area contributed by atoms with Gasteiger partial charge in [0.1, 0.15) is 0 Å². The molecule has 1 aromatic rings. The van der Waals surface area contributed by atoms with E-state index in [1.165, 1.54) is 5.56 Å². The minimum absolute atomic E-state index is 0.102. The second-order valence-corrected chi connectivity index (χ2v) is 3.85. The predicted molar refractivity (Wildman–Crippen MR) is 57.7 cm³/mol. The van der Waals surface area contributed by atoms with E-state index >= 15 is 0 Å². The van der Waals surface area contributed by atoms with E-state index in [9.17, 15) is 4.79 Å². The molecule has 1 aromatic carbocycles. The fraction of sp³-hybridized carbons (Fsp3) is 0.364. The molecule has 0 saturated carbocycles. The molecule has 1 aliphatic carbocycles. The first kappa shape index (κ1) is 9.83. The lowest BCUT2D eigenvalue weighted by atomic mass is 9.87. The first-order valence-corrected chi connectivity index (χ1v) is 5.04. The van der Waals surface area contributed by atoms with Gasteiger partial charge in [0.25, 0.3) is 0 Å². The van der Waals surface area contributed by atoms with Crippen molar-refractivity contribution >= 4 is 11.8 Å². The molecule has 0 saturated heterocycles. The van der Waals surface area contributed by atoms with E-state index in [0.29, 0.717) is 5.69 Å². The average Bonchev–Trinajstić information content (AvgIpc) is 2.18. The number of aryl methyl sites for hydroxylation is 1. The standard InChI is InChI=1S/C11H14N2O2/c12-8-5-4-7-2-1-3-10(9(7)6-8)13-11(14)15/h4-6,10,13H,1-3,12H2,(H,14,15). The summed E-state index contributed by atoms with van der Waals surface area (Å²) < 4.78 is 0. The third-order valence-corrected chi connectivity index (χ3v) is 2.78. The highest BCUT2D eigenvalue weighted by Crippen LogP contribution is 2.30. The Hall–Kier alpha value is -1.71. The molecule has 0 aromatic heterocycles. The monoisotopic (exact) mass is 206 g/mol. The molecule has 4 heteroatoms. The fourth-order valence-corrected chi connectivity index (χ4v) is 2.12. The van der Waals surface area contributed by atoms with E-state index in [2.05, 4.69) is 5.32 Å². The smallest absolute Gasteiger partial charge is 0.405 e. The van der Waals surface area contributed by atoms with Crippen molar-refractivity contribution in [3.8, 4) is 0 Å².